The lowest BCUT2D eigenvalue weighted by Gasteiger charge is -2.35. The zero-order valence-electron chi connectivity index (χ0n) is 15.5. The number of aromatic nitrogens is 3. The van der Waals surface area contributed by atoms with Crippen molar-refractivity contribution in [2.75, 3.05) is 18.0 Å². The molecule has 0 amide bonds. The topological polar surface area (TPSA) is 75.3 Å². The molecule has 1 atom stereocenters. The maximum absolute atomic E-state index is 10.6. The third kappa shape index (κ3) is 4.17. The summed E-state index contributed by atoms with van der Waals surface area (Å²) in [5.74, 6) is 2.40. The number of anilines is 1. The fourth-order valence-electron chi connectivity index (χ4n) is 3.65. The fourth-order valence-corrected chi connectivity index (χ4v) is 3.65. The van der Waals surface area contributed by atoms with Gasteiger partial charge in [-0.05, 0) is 49.8 Å². The van der Waals surface area contributed by atoms with Gasteiger partial charge in [0.05, 0.1) is 11.7 Å². The quantitative estimate of drug-likeness (QED) is 0.749. The second-order valence-electron chi connectivity index (χ2n) is 7.13. The number of hydrogen-bond donors (Lipinski definition) is 1. The van der Waals surface area contributed by atoms with Crippen molar-refractivity contribution in [2.45, 2.75) is 32.3 Å². The largest absolute Gasteiger partial charge is 0.392 e. The average Bonchev–Trinajstić information content (AvgIpc) is 3.15. The van der Waals surface area contributed by atoms with Crippen LogP contribution in [0.3, 0.4) is 0 Å². The number of aryl methyl sites for hydroxylation is 1. The molecule has 140 valence electrons. The number of aliphatic hydroxyl groups excluding tert-OH is 1. The monoisotopic (exact) mass is 364 g/mol. The molecule has 0 saturated carbocycles. The van der Waals surface area contributed by atoms with E-state index in [0.717, 1.165) is 43.7 Å². The molecule has 3 aromatic rings. The predicted molar refractivity (Wildman–Crippen MR) is 103 cm³/mol. The van der Waals surface area contributed by atoms with E-state index in [0.29, 0.717) is 17.6 Å². The van der Waals surface area contributed by atoms with Crippen molar-refractivity contribution in [3.05, 3.63) is 60.0 Å². The van der Waals surface area contributed by atoms with E-state index < -0.39 is 0 Å². The van der Waals surface area contributed by atoms with E-state index in [4.69, 9.17) is 4.52 Å². The smallest absolute Gasteiger partial charge is 0.259 e. The number of piperidine rings is 1. The van der Waals surface area contributed by atoms with Gasteiger partial charge in [-0.2, -0.15) is 4.98 Å². The van der Waals surface area contributed by atoms with Crippen LogP contribution in [0.2, 0.25) is 0 Å². The number of hydrogen-bond acceptors (Lipinski definition) is 6. The Labute approximate surface area is 158 Å². The molecule has 3 heterocycles. The Morgan fingerprint density at radius 3 is 2.56 bits per heavy atom. The minimum absolute atomic E-state index is 0.286. The standard InChI is InChI=1S/C21H24N4O2/c1-15-23-21(27-24-15)18-7-8-20(22-14-18)25-11-9-17(10-12-25)19(26)13-16-5-3-2-4-6-16/h2-8,14,17,19,26H,9-13H2,1H3. The molecule has 0 radical (unpaired) electrons. The predicted octanol–water partition coefficient (Wildman–Crippen LogP) is 3.26. The summed E-state index contributed by atoms with van der Waals surface area (Å²) < 4.78 is 5.18. The van der Waals surface area contributed by atoms with Crippen molar-refractivity contribution in [3.63, 3.8) is 0 Å². The Hall–Kier alpha value is -2.73. The van der Waals surface area contributed by atoms with Crippen LogP contribution in [0.15, 0.2) is 53.2 Å². The van der Waals surface area contributed by atoms with Crippen molar-refractivity contribution >= 4 is 5.82 Å². The van der Waals surface area contributed by atoms with E-state index in [9.17, 15) is 5.11 Å². The summed E-state index contributed by atoms with van der Waals surface area (Å²) in [5, 5.41) is 14.4. The van der Waals surface area contributed by atoms with Crippen LogP contribution < -0.4 is 4.90 Å². The molecule has 6 nitrogen and oxygen atoms in total. The molecule has 1 unspecified atom stereocenters. The molecule has 4 rings (SSSR count). The van der Waals surface area contributed by atoms with Crippen LogP contribution in [-0.4, -0.2) is 39.4 Å². The average molecular weight is 364 g/mol. The van der Waals surface area contributed by atoms with Crippen LogP contribution in [0.1, 0.15) is 24.2 Å². The van der Waals surface area contributed by atoms with Crippen LogP contribution in [0.5, 0.6) is 0 Å². The molecule has 1 aliphatic rings. The van der Waals surface area contributed by atoms with Gasteiger partial charge in [0.1, 0.15) is 5.82 Å². The molecular weight excluding hydrogens is 340 g/mol. The van der Waals surface area contributed by atoms with Crippen LogP contribution in [-0.2, 0) is 6.42 Å². The fraction of sp³-hybridized carbons (Fsp3) is 0.381. The zero-order valence-corrected chi connectivity index (χ0v) is 15.5. The highest BCUT2D eigenvalue weighted by Crippen LogP contribution is 2.27. The number of benzene rings is 1. The van der Waals surface area contributed by atoms with Crippen molar-refractivity contribution in [1.82, 2.24) is 15.1 Å². The van der Waals surface area contributed by atoms with Crippen LogP contribution in [0.4, 0.5) is 5.82 Å². The molecule has 1 N–H and O–H groups in total. The van der Waals surface area contributed by atoms with Gasteiger partial charge in [0, 0.05) is 19.3 Å². The SMILES string of the molecule is Cc1noc(-c2ccc(N3CCC(C(O)Cc4ccccc4)CC3)nc2)n1. The number of pyridine rings is 1. The molecular formula is C21H24N4O2. The van der Waals surface area contributed by atoms with Gasteiger partial charge in [-0.25, -0.2) is 4.98 Å². The van der Waals surface area contributed by atoms with Crippen LogP contribution in [0, 0.1) is 12.8 Å². The van der Waals surface area contributed by atoms with Gasteiger partial charge in [-0.1, -0.05) is 35.5 Å². The molecule has 1 fully saturated rings. The number of rotatable bonds is 5. The molecule has 2 aromatic heterocycles. The normalized spacial score (nSPS) is 16.4. The van der Waals surface area contributed by atoms with Crippen molar-refractivity contribution in [1.29, 1.82) is 0 Å². The Morgan fingerprint density at radius 2 is 1.93 bits per heavy atom. The lowest BCUT2D eigenvalue weighted by Crippen LogP contribution is -2.38. The van der Waals surface area contributed by atoms with E-state index in [-0.39, 0.29) is 6.10 Å². The highest BCUT2D eigenvalue weighted by molar-refractivity contribution is 5.54. The molecule has 27 heavy (non-hydrogen) atoms. The molecule has 0 spiro atoms. The lowest BCUT2D eigenvalue weighted by molar-refractivity contribution is 0.0929. The van der Waals surface area contributed by atoms with E-state index in [1.165, 1.54) is 5.56 Å². The van der Waals surface area contributed by atoms with Crippen molar-refractivity contribution in [2.24, 2.45) is 5.92 Å². The summed E-state index contributed by atoms with van der Waals surface area (Å²) in [6.45, 7) is 3.61. The Bertz CT molecular complexity index is 855. The molecule has 0 aliphatic carbocycles. The van der Waals surface area contributed by atoms with Crippen LogP contribution >= 0.6 is 0 Å². The maximum Gasteiger partial charge on any atom is 0.259 e. The maximum atomic E-state index is 10.6. The lowest BCUT2D eigenvalue weighted by atomic mass is 9.88. The van der Waals surface area contributed by atoms with Crippen molar-refractivity contribution in [3.8, 4) is 11.5 Å². The Balaban J connectivity index is 1.33. The first-order valence-corrected chi connectivity index (χ1v) is 9.43. The zero-order chi connectivity index (χ0) is 18.6. The van der Waals surface area contributed by atoms with Crippen molar-refractivity contribution < 1.29 is 9.63 Å². The van der Waals surface area contributed by atoms with E-state index in [2.05, 4.69) is 32.2 Å². The third-order valence-electron chi connectivity index (χ3n) is 5.22. The first-order chi connectivity index (χ1) is 13.2. The van der Waals surface area contributed by atoms with E-state index in [1.54, 1.807) is 13.1 Å². The molecule has 0 bridgehead atoms. The van der Waals surface area contributed by atoms with Gasteiger partial charge in [0.25, 0.3) is 5.89 Å². The van der Waals surface area contributed by atoms with Gasteiger partial charge >= 0.3 is 0 Å². The first-order valence-electron chi connectivity index (χ1n) is 9.43. The van der Waals surface area contributed by atoms with E-state index >= 15 is 0 Å². The summed E-state index contributed by atoms with van der Waals surface area (Å²) in [6.07, 6.45) is 4.16. The van der Waals surface area contributed by atoms with Gasteiger partial charge < -0.3 is 14.5 Å². The van der Waals surface area contributed by atoms with Gasteiger partial charge in [-0.15, -0.1) is 0 Å². The minimum Gasteiger partial charge on any atom is -0.392 e. The number of nitrogens with zero attached hydrogens (tertiary/aromatic N) is 4. The third-order valence-corrected chi connectivity index (χ3v) is 5.22. The second-order valence-corrected chi connectivity index (χ2v) is 7.13. The van der Waals surface area contributed by atoms with Gasteiger partial charge in [-0.3, -0.25) is 0 Å². The molecule has 1 aromatic carbocycles. The minimum atomic E-state index is -0.286. The summed E-state index contributed by atoms with van der Waals surface area (Å²) >= 11 is 0. The summed E-state index contributed by atoms with van der Waals surface area (Å²) in [5.41, 5.74) is 2.02. The molecule has 1 aliphatic heterocycles. The highest BCUT2D eigenvalue weighted by Gasteiger charge is 2.26. The Kier molecular flexibility index (Phi) is 5.16. The highest BCUT2D eigenvalue weighted by atomic mass is 16.5. The Morgan fingerprint density at radius 1 is 1.15 bits per heavy atom. The summed E-state index contributed by atoms with van der Waals surface area (Å²) in [4.78, 5) is 11.1. The second kappa shape index (κ2) is 7.88. The molecule has 6 heteroatoms. The number of aliphatic hydroxyl groups is 1. The van der Waals surface area contributed by atoms with Gasteiger partial charge in [0.15, 0.2) is 5.82 Å². The van der Waals surface area contributed by atoms with Crippen LogP contribution in [0.25, 0.3) is 11.5 Å². The molecule has 1 saturated heterocycles. The van der Waals surface area contributed by atoms with E-state index in [1.807, 2.05) is 30.3 Å². The summed E-state index contributed by atoms with van der Waals surface area (Å²) in [6, 6.07) is 14.2. The van der Waals surface area contributed by atoms with Gasteiger partial charge in [0.2, 0.25) is 0 Å². The first kappa shape index (κ1) is 17.7. The summed E-state index contributed by atoms with van der Waals surface area (Å²) in [7, 11) is 0.